The number of carbonyl (C=O) groups is 1. The zero-order valence-corrected chi connectivity index (χ0v) is 13.4. The largest absolute Gasteiger partial charge is 0.497 e. The maximum Gasteiger partial charge on any atom is 0.224 e. The van der Waals surface area contributed by atoms with Gasteiger partial charge in [0.1, 0.15) is 11.5 Å². The Morgan fingerprint density at radius 3 is 2.77 bits per heavy atom. The Labute approximate surface area is 132 Å². The summed E-state index contributed by atoms with van der Waals surface area (Å²) in [7, 11) is 1.64. The smallest absolute Gasteiger partial charge is 0.224 e. The van der Waals surface area contributed by atoms with Crippen LogP contribution in [0.3, 0.4) is 0 Å². The van der Waals surface area contributed by atoms with Crippen LogP contribution in [-0.2, 0) is 11.3 Å². The van der Waals surface area contributed by atoms with Crippen LogP contribution in [0.25, 0.3) is 0 Å². The first-order valence-corrected chi connectivity index (χ1v) is 7.95. The molecule has 0 heterocycles. The minimum Gasteiger partial charge on any atom is -0.497 e. The normalized spacial score (nSPS) is 16.3. The van der Waals surface area contributed by atoms with E-state index in [9.17, 15) is 4.79 Å². The monoisotopic (exact) mass is 306 g/mol. The van der Waals surface area contributed by atoms with Crippen molar-refractivity contribution in [3.63, 3.8) is 0 Å². The van der Waals surface area contributed by atoms with Gasteiger partial charge in [-0.1, -0.05) is 6.92 Å². The first-order chi connectivity index (χ1) is 10.6. The molecule has 22 heavy (non-hydrogen) atoms. The highest BCUT2D eigenvalue weighted by molar-refractivity contribution is 5.78. The highest BCUT2D eigenvalue weighted by Crippen LogP contribution is 2.30. The Bertz CT molecular complexity index is 499. The quantitative estimate of drug-likeness (QED) is 0.810. The van der Waals surface area contributed by atoms with Crippen LogP contribution in [0.4, 0.5) is 0 Å². The fraction of sp³-hybridized carbons (Fsp3) is 0.588. The van der Waals surface area contributed by atoms with Crippen molar-refractivity contribution in [1.29, 1.82) is 0 Å². The van der Waals surface area contributed by atoms with Gasteiger partial charge in [-0.15, -0.1) is 0 Å². The molecular formula is C17H26N2O3. The lowest BCUT2D eigenvalue weighted by Crippen LogP contribution is -2.33. The van der Waals surface area contributed by atoms with E-state index in [2.05, 4.69) is 5.32 Å². The second-order valence-electron chi connectivity index (χ2n) is 5.85. The third kappa shape index (κ3) is 4.37. The van der Waals surface area contributed by atoms with Crippen molar-refractivity contribution in [1.82, 2.24) is 5.32 Å². The number of hydrogen-bond donors (Lipinski definition) is 2. The Kier molecular flexibility index (Phi) is 6.07. The van der Waals surface area contributed by atoms with Crippen molar-refractivity contribution in [2.75, 3.05) is 13.7 Å². The van der Waals surface area contributed by atoms with E-state index >= 15 is 0 Å². The lowest BCUT2D eigenvalue weighted by atomic mass is 10.1. The minimum atomic E-state index is -0.183. The van der Waals surface area contributed by atoms with E-state index in [0.29, 0.717) is 13.1 Å². The van der Waals surface area contributed by atoms with Gasteiger partial charge in [-0.25, -0.2) is 0 Å². The average Bonchev–Trinajstić information content (AvgIpc) is 3.05. The molecule has 0 radical (unpaired) electrons. The molecule has 0 bridgehead atoms. The van der Waals surface area contributed by atoms with E-state index in [4.69, 9.17) is 15.2 Å². The molecule has 0 spiro atoms. The van der Waals surface area contributed by atoms with E-state index in [1.54, 1.807) is 7.11 Å². The van der Waals surface area contributed by atoms with Crippen molar-refractivity contribution < 1.29 is 14.3 Å². The molecule has 3 N–H and O–H groups in total. The van der Waals surface area contributed by atoms with Crippen molar-refractivity contribution in [3.8, 4) is 11.5 Å². The van der Waals surface area contributed by atoms with Gasteiger partial charge in [-0.2, -0.15) is 0 Å². The van der Waals surface area contributed by atoms with Gasteiger partial charge >= 0.3 is 0 Å². The molecule has 0 saturated heterocycles. The van der Waals surface area contributed by atoms with Crippen LogP contribution in [-0.4, -0.2) is 25.7 Å². The summed E-state index contributed by atoms with van der Waals surface area (Å²) in [5.74, 6) is 1.34. The predicted octanol–water partition coefficient (Wildman–Crippen LogP) is 2.23. The number of benzene rings is 1. The zero-order valence-electron chi connectivity index (χ0n) is 13.4. The summed E-state index contributed by atoms with van der Waals surface area (Å²) in [5, 5.41) is 2.91. The molecule has 5 nitrogen and oxygen atoms in total. The summed E-state index contributed by atoms with van der Waals surface area (Å²) in [4.78, 5) is 11.9. The standard InChI is InChI=1S/C17H26N2O3/c1-12(10-18)17(20)19-11-13-7-8-15(21-2)9-16(13)22-14-5-3-4-6-14/h7-9,12,14H,3-6,10-11,18H2,1-2H3,(H,19,20). The number of hydrogen-bond acceptors (Lipinski definition) is 4. The number of amides is 1. The summed E-state index contributed by atoms with van der Waals surface area (Å²) in [6, 6.07) is 5.72. The molecular weight excluding hydrogens is 280 g/mol. The summed E-state index contributed by atoms with van der Waals surface area (Å²) in [6.07, 6.45) is 4.88. The minimum absolute atomic E-state index is 0.0369. The molecule has 1 unspecified atom stereocenters. The van der Waals surface area contributed by atoms with Gasteiger partial charge in [-0.3, -0.25) is 4.79 Å². The summed E-state index contributed by atoms with van der Waals surface area (Å²) >= 11 is 0. The fourth-order valence-electron chi connectivity index (χ4n) is 2.57. The van der Waals surface area contributed by atoms with Crippen LogP contribution in [0.5, 0.6) is 11.5 Å². The topological polar surface area (TPSA) is 73.6 Å². The highest BCUT2D eigenvalue weighted by Gasteiger charge is 2.19. The van der Waals surface area contributed by atoms with Gasteiger partial charge in [0.25, 0.3) is 0 Å². The van der Waals surface area contributed by atoms with Crippen LogP contribution in [0.15, 0.2) is 18.2 Å². The Hall–Kier alpha value is -1.75. The number of methoxy groups -OCH3 is 1. The number of ether oxygens (including phenoxy) is 2. The summed E-state index contributed by atoms with van der Waals surface area (Å²) in [6.45, 7) is 2.61. The maximum atomic E-state index is 11.9. The molecule has 1 atom stereocenters. The van der Waals surface area contributed by atoms with E-state index in [1.807, 2.05) is 25.1 Å². The molecule has 1 fully saturated rings. The van der Waals surface area contributed by atoms with Crippen molar-refractivity contribution in [2.24, 2.45) is 11.7 Å². The molecule has 2 rings (SSSR count). The average molecular weight is 306 g/mol. The molecule has 5 heteroatoms. The second kappa shape index (κ2) is 8.03. The third-order valence-electron chi connectivity index (χ3n) is 4.12. The van der Waals surface area contributed by atoms with E-state index in [0.717, 1.165) is 29.9 Å². The fourth-order valence-corrected chi connectivity index (χ4v) is 2.57. The summed E-state index contributed by atoms with van der Waals surface area (Å²) in [5.41, 5.74) is 6.48. The van der Waals surface area contributed by atoms with E-state index in [1.165, 1.54) is 12.8 Å². The molecule has 1 aromatic rings. The van der Waals surface area contributed by atoms with Crippen LogP contribution < -0.4 is 20.5 Å². The van der Waals surface area contributed by atoms with Crippen LogP contribution >= 0.6 is 0 Å². The van der Waals surface area contributed by atoms with E-state index < -0.39 is 0 Å². The predicted molar refractivity (Wildman–Crippen MR) is 85.9 cm³/mol. The molecule has 0 aromatic heterocycles. The Balaban J connectivity index is 2.06. The van der Waals surface area contributed by atoms with Crippen LogP contribution in [0.1, 0.15) is 38.2 Å². The lowest BCUT2D eigenvalue weighted by Gasteiger charge is -2.18. The third-order valence-corrected chi connectivity index (χ3v) is 4.12. The number of nitrogens with two attached hydrogens (primary N) is 1. The van der Waals surface area contributed by atoms with Crippen molar-refractivity contribution in [3.05, 3.63) is 23.8 Å². The van der Waals surface area contributed by atoms with Crippen molar-refractivity contribution in [2.45, 2.75) is 45.3 Å². The number of nitrogens with one attached hydrogen (secondary N) is 1. The first-order valence-electron chi connectivity index (χ1n) is 7.95. The second-order valence-corrected chi connectivity index (χ2v) is 5.85. The van der Waals surface area contributed by atoms with Gasteiger partial charge < -0.3 is 20.5 Å². The molecule has 1 aliphatic rings. The maximum absolute atomic E-state index is 11.9. The number of carbonyl (C=O) groups excluding carboxylic acids is 1. The SMILES string of the molecule is COc1ccc(CNC(=O)C(C)CN)c(OC2CCCC2)c1. The summed E-state index contributed by atoms with van der Waals surface area (Å²) < 4.78 is 11.4. The molecule has 122 valence electrons. The van der Waals surface area contributed by atoms with Crippen LogP contribution in [0.2, 0.25) is 0 Å². The number of rotatable bonds is 7. The van der Waals surface area contributed by atoms with Gasteiger partial charge in [0.15, 0.2) is 0 Å². The van der Waals surface area contributed by atoms with Gasteiger partial charge in [0.05, 0.1) is 13.2 Å². The highest BCUT2D eigenvalue weighted by atomic mass is 16.5. The van der Waals surface area contributed by atoms with Gasteiger partial charge in [0, 0.05) is 30.6 Å². The molecule has 1 amide bonds. The Morgan fingerprint density at radius 2 is 2.14 bits per heavy atom. The van der Waals surface area contributed by atoms with Gasteiger partial charge in [0.2, 0.25) is 5.91 Å². The lowest BCUT2D eigenvalue weighted by molar-refractivity contribution is -0.124. The Morgan fingerprint density at radius 1 is 1.41 bits per heavy atom. The first kappa shape index (κ1) is 16.6. The van der Waals surface area contributed by atoms with Gasteiger partial charge in [-0.05, 0) is 37.8 Å². The molecule has 0 aliphatic heterocycles. The van der Waals surface area contributed by atoms with E-state index in [-0.39, 0.29) is 17.9 Å². The molecule has 1 saturated carbocycles. The molecule has 1 aromatic carbocycles. The van der Waals surface area contributed by atoms with Crippen molar-refractivity contribution >= 4 is 5.91 Å². The zero-order chi connectivity index (χ0) is 15.9. The van der Waals surface area contributed by atoms with Crippen LogP contribution in [0, 0.1) is 5.92 Å². The molecule has 1 aliphatic carbocycles.